The van der Waals surface area contributed by atoms with Crippen molar-refractivity contribution in [3.63, 3.8) is 0 Å². The van der Waals surface area contributed by atoms with Crippen LogP contribution in [0.2, 0.25) is 0 Å². The smallest absolute Gasteiger partial charge is 0.243 e. The molecule has 0 unspecified atom stereocenters. The molecule has 7 nitrogen and oxygen atoms in total. The first-order valence-corrected chi connectivity index (χ1v) is 7.44. The van der Waals surface area contributed by atoms with Crippen LogP contribution < -0.4 is 10.5 Å². The molecule has 0 saturated heterocycles. The van der Waals surface area contributed by atoms with Gasteiger partial charge in [-0.2, -0.15) is 4.98 Å². The van der Waals surface area contributed by atoms with Crippen LogP contribution in [0.15, 0.2) is 21.6 Å². The predicted molar refractivity (Wildman–Crippen MR) is 73.4 cm³/mol. The van der Waals surface area contributed by atoms with Crippen molar-refractivity contribution in [3.05, 3.63) is 35.0 Å². The number of benzene rings is 1. The second-order valence-corrected chi connectivity index (χ2v) is 6.19. The van der Waals surface area contributed by atoms with E-state index in [1.807, 2.05) is 6.92 Å². The number of aryl methyl sites for hydroxylation is 2. The van der Waals surface area contributed by atoms with E-state index in [9.17, 15) is 8.42 Å². The van der Waals surface area contributed by atoms with E-state index in [0.29, 0.717) is 11.4 Å². The van der Waals surface area contributed by atoms with Crippen molar-refractivity contribution in [2.24, 2.45) is 0 Å². The second-order valence-electron chi connectivity index (χ2n) is 4.49. The first-order chi connectivity index (χ1) is 9.31. The standard InChI is InChI=1S/C12H16N4O3S/c1-7-4-5-10(13)12(8(7)2)20(17,18)14-6-11-15-9(3)16-19-11/h4-5,14H,6,13H2,1-3H3. The molecule has 1 aromatic heterocycles. The fourth-order valence-electron chi connectivity index (χ4n) is 1.81. The lowest BCUT2D eigenvalue weighted by molar-refractivity contribution is 0.372. The molecule has 0 aliphatic carbocycles. The zero-order valence-corrected chi connectivity index (χ0v) is 12.3. The number of aromatic nitrogens is 2. The third kappa shape index (κ3) is 2.81. The van der Waals surface area contributed by atoms with Crippen LogP contribution in [-0.2, 0) is 16.6 Å². The van der Waals surface area contributed by atoms with Crippen LogP contribution in [0.4, 0.5) is 5.69 Å². The molecule has 0 fully saturated rings. The van der Waals surface area contributed by atoms with E-state index in [-0.39, 0.29) is 23.0 Å². The molecule has 20 heavy (non-hydrogen) atoms. The Morgan fingerprint density at radius 1 is 1.30 bits per heavy atom. The molecule has 0 saturated carbocycles. The molecule has 2 aromatic rings. The normalized spacial score (nSPS) is 11.8. The van der Waals surface area contributed by atoms with Crippen LogP contribution in [0.25, 0.3) is 0 Å². The monoisotopic (exact) mass is 296 g/mol. The SMILES string of the molecule is Cc1noc(CNS(=O)(=O)c2c(N)ccc(C)c2C)n1. The number of nitrogens with zero attached hydrogens (tertiary/aromatic N) is 2. The Hall–Kier alpha value is -1.93. The average Bonchev–Trinajstić information content (AvgIpc) is 2.78. The van der Waals surface area contributed by atoms with Crippen LogP contribution in [0.3, 0.4) is 0 Å². The highest BCUT2D eigenvalue weighted by Gasteiger charge is 2.21. The van der Waals surface area contributed by atoms with Gasteiger partial charge in [0.25, 0.3) is 0 Å². The summed E-state index contributed by atoms with van der Waals surface area (Å²) in [7, 11) is -3.74. The van der Waals surface area contributed by atoms with Gasteiger partial charge >= 0.3 is 0 Å². The summed E-state index contributed by atoms with van der Waals surface area (Å²) in [4.78, 5) is 4.03. The molecule has 0 aliphatic rings. The van der Waals surface area contributed by atoms with Gasteiger partial charge in [0, 0.05) is 0 Å². The number of rotatable bonds is 4. The molecule has 1 aromatic carbocycles. The molecule has 1 heterocycles. The molecular weight excluding hydrogens is 280 g/mol. The van der Waals surface area contributed by atoms with E-state index in [0.717, 1.165) is 5.56 Å². The Morgan fingerprint density at radius 3 is 2.60 bits per heavy atom. The van der Waals surface area contributed by atoms with Crippen LogP contribution in [0.5, 0.6) is 0 Å². The number of nitrogens with one attached hydrogen (secondary N) is 1. The minimum absolute atomic E-state index is 0.0734. The number of nitrogen functional groups attached to an aromatic ring is 1. The molecule has 0 spiro atoms. The fraction of sp³-hybridized carbons (Fsp3) is 0.333. The van der Waals surface area contributed by atoms with Gasteiger partial charge in [0.05, 0.1) is 12.2 Å². The topological polar surface area (TPSA) is 111 Å². The molecule has 2 rings (SSSR count). The lowest BCUT2D eigenvalue weighted by Crippen LogP contribution is -2.25. The largest absolute Gasteiger partial charge is 0.398 e. The summed E-state index contributed by atoms with van der Waals surface area (Å²) in [5.41, 5.74) is 7.47. The van der Waals surface area contributed by atoms with Crippen molar-refractivity contribution in [1.82, 2.24) is 14.9 Å². The number of nitrogens with two attached hydrogens (primary N) is 1. The van der Waals surface area contributed by atoms with Gasteiger partial charge in [0.2, 0.25) is 15.9 Å². The average molecular weight is 296 g/mol. The van der Waals surface area contributed by atoms with Crippen LogP contribution in [0.1, 0.15) is 22.8 Å². The Bertz CT molecular complexity index is 737. The van der Waals surface area contributed by atoms with Gasteiger partial charge in [-0.25, -0.2) is 13.1 Å². The van der Waals surface area contributed by atoms with Crippen LogP contribution in [0, 0.1) is 20.8 Å². The van der Waals surface area contributed by atoms with E-state index in [1.165, 1.54) is 0 Å². The molecule has 0 amide bonds. The van der Waals surface area contributed by atoms with Crippen molar-refractivity contribution >= 4 is 15.7 Å². The molecule has 8 heteroatoms. The van der Waals surface area contributed by atoms with Gasteiger partial charge in [-0.05, 0) is 38.0 Å². The number of anilines is 1. The van der Waals surface area contributed by atoms with Gasteiger partial charge in [-0.3, -0.25) is 0 Å². The summed E-state index contributed by atoms with van der Waals surface area (Å²) >= 11 is 0. The lowest BCUT2D eigenvalue weighted by Gasteiger charge is -2.12. The molecule has 108 valence electrons. The maximum atomic E-state index is 12.3. The Balaban J connectivity index is 2.29. The van der Waals surface area contributed by atoms with Gasteiger partial charge in [0.15, 0.2) is 5.82 Å². The summed E-state index contributed by atoms with van der Waals surface area (Å²) in [5, 5.41) is 3.59. The number of sulfonamides is 1. The van der Waals surface area contributed by atoms with E-state index >= 15 is 0 Å². The lowest BCUT2D eigenvalue weighted by atomic mass is 10.1. The first kappa shape index (κ1) is 14.5. The maximum Gasteiger partial charge on any atom is 0.243 e. The number of hydrogen-bond donors (Lipinski definition) is 2. The minimum Gasteiger partial charge on any atom is -0.398 e. The summed E-state index contributed by atoms with van der Waals surface area (Å²) in [6.07, 6.45) is 0. The Kier molecular flexibility index (Phi) is 3.78. The summed E-state index contributed by atoms with van der Waals surface area (Å²) in [5.74, 6) is 0.653. The van der Waals surface area contributed by atoms with Crippen LogP contribution in [-0.4, -0.2) is 18.6 Å². The third-order valence-electron chi connectivity index (χ3n) is 2.96. The zero-order chi connectivity index (χ0) is 14.9. The first-order valence-electron chi connectivity index (χ1n) is 5.96. The van der Waals surface area contributed by atoms with E-state index < -0.39 is 10.0 Å². The quantitative estimate of drug-likeness (QED) is 0.816. The minimum atomic E-state index is -3.74. The summed E-state index contributed by atoms with van der Waals surface area (Å²) in [6, 6.07) is 3.36. The highest BCUT2D eigenvalue weighted by atomic mass is 32.2. The second kappa shape index (κ2) is 5.22. The zero-order valence-electron chi connectivity index (χ0n) is 11.5. The summed E-state index contributed by atoms with van der Waals surface area (Å²) in [6.45, 7) is 5.13. The molecule has 0 atom stereocenters. The van der Waals surface area contributed by atoms with Crippen LogP contribution >= 0.6 is 0 Å². The fourth-order valence-corrected chi connectivity index (χ4v) is 3.21. The van der Waals surface area contributed by atoms with Crippen molar-refractivity contribution in [3.8, 4) is 0 Å². The van der Waals surface area contributed by atoms with Gasteiger partial charge in [-0.15, -0.1) is 0 Å². The van der Waals surface area contributed by atoms with Gasteiger partial charge in [0.1, 0.15) is 4.90 Å². The number of hydrogen-bond acceptors (Lipinski definition) is 6. The van der Waals surface area contributed by atoms with Gasteiger partial charge < -0.3 is 10.3 Å². The van der Waals surface area contributed by atoms with E-state index in [2.05, 4.69) is 14.9 Å². The van der Waals surface area contributed by atoms with E-state index in [1.54, 1.807) is 26.0 Å². The van der Waals surface area contributed by atoms with Crippen molar-refractivity contribution < 1.29 is 12.9 Å². The van der Waals surface area contributed by atoms with Crippen molar-refractivity contribution in [1.29, 1.82) is 0 Å². The third-order valence-corrected chi connectivity index (χ3v) is 4.56. The molecule has 0 aliphatic heterocycles. The van der Waals surface area contributed by atoms with Crippen molar-refractivity contribution in [2.45, 2.75) is 32.2 Å². The van der Waals surface area contributed by atoms with Gasteiger partial charge in [-0.1, -0.05) is 11.2 Å². The maximum absolute atomic E-state index is 12.3. The molecule has 0 radical (unpaired) electrons. The predicted octanol–water partition coefficient (Wildman–Crippen LogP) is 1.06. The molecule has 0 bridgehead atoms. The van der Waals surface area contributed by atoms with E-state index in [4.69, 9.17) is 10.3 Å². The Morgan fingerprint density at radius 2 is 2.00 bits per heavy atom. The Labute approximate surface area is 117 Å². The highest BCUT2D eigenvalue weighted by molar-refractivity contribution is 7.89. The molecule has 3 N–H and O–H groups in total. The molecular formula is C12H16N4O3S. The highest BCUT2D eigenvalue weighted by Crippen LogP contribution is 2.25. The summed E-state index contributed by atoms with van der Waals surface area (Å²) < 4.78 is 31.9. The van der Waals surface area contributed by atoms with Crippen molar-refractivity contribution in [2.75, 3.05) is 5.73 Å².